The van der Waals surface area contributed by atoms with Crippen molar-refractivity contribution in [2.45, 2.75) is 0 Å². The second-order valence-electron chi connectivity index (χ2n) is 5.66. The number of anilines is 1. The molecule has 3 aromatic carbocycles. The van der Waals surface area contributed by atoms with E-state index < -0.39 is 0 Å². The Morgan fingerprint density at radius 2 is 1.40 bits per heavy atom. The zero-order valence-corrected chi connectivity index (χ0v) is 13.8. The molecule has 25 heavy (non-hydrogen) atoms. The van der Waals surface area contributed by atoms with Gasteiger partial charge in [-0.2, -0.15) is 0 Å². The first-order valence-electron chi connectivity index (χ1n) is 7.79. The van der Waals surface area contributed by atoms with Gasteiger partial charge >= 0.3 is 0 Å². The van der Waals surface area contributed by atoms with E-state index in [4.69, 9.17) is 9.47 Å². The Morgan fingerprint density at radius 1 is 0.720 bits per heavy atom. The highest BCUT2D eigenvalue weighted by atomic mass is 16.5. The lowest BCUT2D eigenvalue weighted by atomic mass is 9.93. The third kappa shape index (κ3) is 2.09. The third-order valence-electron chi connectivity index (χ3n) is 4.41. The number of carbonyl (C=O) groups excluding carboxylic acids is 2. The van der Waals surface area contributed by atoms with Gasteiger partial charge in [-0.3, -0.25) is 9.59 Å². The maximum atomic E-state index is 13.1. The van der Waals surface area contributed by atoms with Crippen LogP contribution in [0.25, 0.3) is 10.8 Å². The van der Waals surface area contributed by atoms with E-state index in [1.54, 1.807) is 55.6 Å². The monoisotopic (exact) mass is 333 g/mol. The van der Waals surface area contributed by atoms with Gasteiger partial charge in [-0.25, -0.2) is 4.90 Å². The van der Waals surface area contributed by atoms with Crippen LogP contribution in [-0.4, -0.2) is 26.0 Å². The van der Waals surface area contributed by atoms with Crippen LogP contribution in [0.1, 0.15) is 20.7 Å². The maximum Gasteiger partial charge on any atom is 0.266 e. The molecule has 3 aromatic rings. The second kappa shape index (κ2) is 5.63. The molecule has 1 heterocycles. The summed E-state index contributed by atoms with van der Waals surface area (Å²) in [4.78, 5) is 27.4. The fourth-order valence-electron chi connectivity index (χ4n) is 3.28. The Labute approximate surface area is 144 Å². The summed E-state index contributed by atoms with van der Waals surface area (Å²) in [6, 6.07) is 15.8. The predicted molar refractivity (Wildman–Crippen MR) is 94.6 cm³/mol. The molecule has 0 atom stereocenters. The predicted octanol–water partition coefficient (Wildman–Crippen LogP) is 3.66. The van der Waals surface area contributed by atoms with E-state index in [1.165, 1.54) is 12.0 Å². The molecule has 0 saturated heterocycles. The van der Waals surface area contributed by atoms with E-state index in [0.717, 1.165) is 5.39 Å². The van der Waals surface area contributed by atoms with E-state index in [0.29, 0.717) is 33.7 Å². The number of amides is 2. The molecule has 2 amide bonds. The Kier molecular flexibility index (Phi) is 3.42. The molecule has 1 aliphatic heterocycles. The number of methoxy groups -OCH3 is 2. The summed E-state index contributed by atoms with van der Waals surface area (Å²) in [7, 11) is 3.08. The average molecular weight is 333 g/mol. The molecule has 5 heteroatoms. The van der Waals surface area contributed by atoms with Gasteiger partial charge in [0, 0.05) is 21.9 Å². The third-order valence-corrected chi connectivity index (χ3v) is 4.41. The van der Waals surface area contributed by atoms with Crippen molar-refractivity contribution in [1.82, 2.24) is 0 Å². The van der Waals surface area contributed by atoms with Crippen LogP contribution in [0.5, 0.6) is 11.5 Å². The molecule has 0 N–H and O–H groups in total. The quantitative estimate of drug-likeness (QED) is 0.687. The molecule has 0 fully saturated rings. The van der Waals surface area contributed by atoms with Crippen LogP contribution < -0.4 is 14.4 Å². The summed E-state index contributed by atoms with van der Waals surface area (Å²) in [5.41, 5.74) is 1.37. The zero-order valence-electron chi connectivity index (χ0n) is 13.8. The number of hydrogen-bond donors (Lipinski definition) is 0. The maximum absolute atomic E-state index is 13.1. The molecular weight excluding hydrogens is 318 g/mol. The minimum absolute atomic E-state index is 0.374. The highest BCUT2D eigenvalue weighted by Gasteiger charge is 2.35. The van der Waals surface area contributed by atoms with Gasteiger partial charge in [0.2, 0.25) is 0 Å². The van der Waals surface area contributed by atoms with Crippen molar-refractivity contribution >= 4 is 28.3 Å². The minimum atomic E-state index is -0.374. The van der Waals surface area contributed by atoms with Gasteiger partial charge < -0.3 is 9.47 Å². The first kappa shape index (κ1) is 15.2. The van der Waals surface area contributed by atoms with Gasteiger partial charge in [-0.05, 0) is 30.3 Å². The standard InChI is InChI=1S/C20H15NO4/c1-24-16-11-10-14-18-12(16)6-5-7-13(18)19(22)21(20(14)23)15-8-3-4-9-17(15)25-2/h3-11H,1-2H3. The number of para-hydroxylation sites is 2. The van der Waals surface area contributed by atoms with E-state index in [1.807, 2.05) is 6.07 Å². The van der Waals surface area contributed by atoms with Crippen molar-refractivity contribution in [3.8, 4) is 11.5 Å². The lowest BCUT2D eigenvalue weighted by Gasteiger charge is -2.28. The topological polar surface area (TPSA) is 55.8 Å². The zero-order chi connectivity index (χ0) is 17.6. The first-order chi connectivity index (χ1) is 12.2. The summed E-state index contributed by atoms with van der Waals surface area (Å²) in [5, 5.41) is 1.38. The Bertz CT molecular complexity index is 1000. The van der Waals surface area contributed by atoms with Crippen LogP contribution in [0.15, 0.2) is 54.6 Å². The van der Waals surface area contributed by atoms with Gasteiger partial charge in [0.15, 0.2) is 0 Å². The van der Waals surface area contributed by atoms with Crippen LogP contribution in [-0.2, 0) is 0 Å². The second-order valence-corrected chi connectivity index (χ2v) is 5.66. The van der Waals surface area contributed by atoms with Crippen molar-refractivity contribution in [2.24, 2.45) is 0 Å². The average Bonchev–Trinajstić information content (AvgIpc) is 2.66. The molecule has 0 bridgehead atoms. The fraction of sp³-hybridized carbons (Fsp3) is 0.100. The highest BCUT2D eigenvalue weighted by Crippen LogP contribution is 2.39. The smallest absolute Gasteiger partial charge is 0.266 e. The van der Waals surface area contributed by atoms with Crippen molar-refractivity contribution in [2.75, 3.05) is 19.1 Å². The molecule has 0 unspecified atom stereocenters. The van der Waals surface area contributed by atoms with Gasteiger partial charge in [-0.15, -0.1) is 0 Å². The number of hydrogen-bond acceptors (Lipinski definition) is 4. The first-order valence-corrected chi connectivity index (χ1v) is 7.79. The molecule has 124 valence electrons. The van der Waals surface area contributed by atoms with Gasteiger partial charge in [0.05, 0.1) is 19.9 Å². The van der Waals surface area contributed by atoms with E-state index in [9.17, 15) is 9.59 Å². The normalized spacial score (nSPS) is 13.3. The van der Waals surface area contributed by atoms with Crippen LogP contribution in [0.2, 0.25) is 0 Å². The summed E-state index contributed by atoms with van der Waals surface area (Å²) in [6.45, 7) is 0. The number of imide groups is 1. The molecular formula is C20H15NO4. The van der Waals surface area contributed by atoms with Crippen LogP contribution in [0.3, 0.4) is 0 Å². The van der Waals surface area contributed by atoms with E-state index in [2.05, 4.69) is 0 Å². The van der Waals surface area contributed by atoms with Crippen molar-refractivity contribution in [3.63, 3.8) is 0 Å². The van der Waals surface area contributed by atoms with E-state index >= 15 is 0 Å². The Hall–Kier alpha value is -3.34. The molecule has 0 saturated carbocycles. The van der Waals surface area contributed by atoms with Crippen molar-refractivity contribution in [1.29, 1.82) is 0 Å². The summed E-state index contributed by atoms with van der Waals surface area (Å²) in [5.74, 6) is 0.349. The van der Waals surface area contributed by atoms with E-state index in [-0.39, 0.29) is 11.8 Å². The van der Waals surface area contributed by atoms with Gasteiger partial charge in [0.25, 0.3) is 11.8 Å². The van der Waals surface area contributed by atoms with Crippen molar-refractivity contribution in [3.05, 3.63) is 65.7 Å². The van der Waals surface area contributed by atoms with Crippen LogP contribution in [0.4, 0.5) is 5.69 Å². The molecule has 1 aliphatic rings. The summed E-state index contributed by atoms with van der Waals surface area (Å²) in [6.07, 6.45) is 0. The number of carbonyl (C=O) groups is 2. The number of rotatable bonds is 3. The van der Waals surface area contributed by atoms with Gasteiger partial charge in [-0.1, -0.05) is 24.3 Å². The molecule has 5 nitrogen and oxygen atoms in total. The molecule has 0 spiro atoms. The number of nitrogens with zero attached hydrogens (tertiary/aromatic N) is 1. The molecule has 0 aliphatic carbocycles. The van der Waals surface area contributed by atoms with Gasteiger partial charge in [0.1, 0.15) is 11.5 Å². The summed E-state index contributed by atoms with van der Waals surface area (Å²) >= 11 is 0. The largest absolute Gasteiger partial charge is 0.496 e. The summed E-state index contributed by atoms with van der Waals surface area (Å²) < 4.78 is 10.7. The Morgan fingerprint density at radius 3 is 2.12 bits per heavy atom. The fourth-order valence-corrected chi connectivity index (χ4v) is 3.28. The Balaban J connectivity index is 2.00. The van der Waals surface area contributed by atoms with Crippen molar-refractivity contribution < 1.29 is 19.1 Å². The minimum Gasteiger partial charge on any atom is -0.496 e. The number of benzene rings is 3. The SMILES string of the molecule is COc1ccccc1N1C(=O)c2cccc3c(OC)ccc(c23)C1=O. The molecule has 4 rings (SSSR count). The lowest BCUT2D eigenvalue weighted by Crippen LogP contribution is -2.40. The lowest BCUT2D eigenvalue weighted by molar-refractivity contribution is 0.0892. The van der Waals surface area contributed by atoms with Crippen LogP contribution in [0, 0.1) is 0 Å². The molecule has 0 aromatic heterocycles. The molecule has 0 radical (unpaired) electrons. The highest BCUT2D eigenvalue weighted by molar-refractivity contribution is 6.36. The number of ether oxygens (including phenoxy) is 2. The van der Waals surface area contributed by atoms with Crippen LogP contribution >= 0.6 is 0 Å².